The quantitative estimate of drug-likeness (QED) is 0.407. The molecule has 1 aromatic rings. The lowest BCUT2D eigenvalue weighted by atomic mass is 10.1. The molecule has 4 N–H and O–H groups in total. The highest BCUT2D eigenvalue weighted by atomic mass is 16.1. The fourth-order valence-corrected chi connectivity index (χ4v) is 1.96. The average molecular weight is 290 g/mol. The number of hydrogen-bond acceptors (Lipinski definition) is 2. The molecule has 1 amide bonds. The van der Waals surface area contributed by atoms with Gasteiger partial charge >= 0.3 is 0 Å². The summed E-state index contributed by atoms with van der Waals surface area (Å²) < 4.78 is 0. The van der Waals surface area contributed by atoms with Crippen molar-refractivity contribution in [3.05, 3.63) is 35.4 Å². The largest absolute Gasteiger partial charge is 0.366 e. The third-order valence-corrected chi connectivity index (χ3v) is 3.15. The molecule has 21 heavy (non-hydrogen) atoms. The van der Waals surface area contributed by atoms with Crippen molar-refractivity contribution in [1.29, 1.82) is 0 Å². The summed E-state index contributed by atoms with van der Waals surface area (Å²) in [5, 5.41) is 6.51. The van der Waals surface area contributed by atoms with E-state index in [0.29, 0.717) is 12.1 Å². The number of hydrogen-bond donors (Lipinski definition) is 3. The molecule has 1 rings (SSSR count). The van der Waals surface area contributed by atoms with E-state index in [1.165, 1.54) is 6.42 Å². The highest BCUT2D eigenvalue weighted by Crippen LogP contribution is 2.04. The molecule has 0 aliphatic rings. The summed E-state index contributed by atoms with van der Waals surface area (Å²) in [4.78, 5) is 15.3. The number of nitrogens with zero attached hydrogens (tertiary/aromatic N) is 1. The van der Waals surface area contributed by atoms with Gasteiger partial charge in [0.25, 0.3) is 0 Å². The predicted octanol–water partition coefficient (Wildman–Crippen LogP) is 1.89. The molecule has 1 aromatic carbocycles. The van der Waals surface area contributed by atoms with Crippen molar-refractivity contribution >= 4 is 11.9 Å². The first kappa shape index (κ1) is 17.0. The first-order valence-electron chi connectivity index (χ1n) is 7.36. The molecule has 116 valence electrons. The van der Waals surface area contributed by atoms with Crippen molar-refractivity contribution in [2.45, 2.75) is 33.2 Å². The number of benzene rings is 1. The van der Waals surface area contributed by atoms with Crippen LogP contribution >= 0.6 is 0 Å². The SMILES string of the molecule is CN=C(NCCCC(C)C)NCc1cccc(C(N)=O)c1. The summed E-state index contributed by atoms with van der Waals surface area (Å²) in [6, 6.07) is 7.29. The Kier molecular flexibility index (Phi) is 7.29. The number of rotatable bonds is 7. The van der Waals surface area contributed by atoms with Crippen molar-refractivity contribution in [2.75, 3.05) is 13.6 Å². The summed E-state index contributed by atoms with van der Waals surface area (Å²) in [6.07, 6.45) is 2.32. The van der Waals surface area contributed by atoms with Crippen molar-refractivity contribution in [1.82, 2.24) is 10.6 Å². The Hall–Kier alpha value is -2.04. The Morgan fingerprint density at radius 2 is 2.10 bits per heavy atom. The van der Waals surface area contributed by atoms with Crippen molar-refractivity contribution in [2.24, 2.45) is 16.6 Å². The predicted molar refractivity (Wildman–Crippen MR) is 87.2 cm³/mol. The lowest BCUT2D eigenvalue weighted by molar-refractivity contribution is 0.1000. The molecule has 5 nitrogen and oxygen atoms in total. The Balaban J connectivity index is 2.41. The van der Waals surface area contributed by atoms with E-state index in [-0.39, 0.29) is 0 Å². The van der Waals surface area contributed by atoms with Crippen LogP contribution in [0.2, 0.25) is 0 Å². The summed E-state index contributed by atoms with van der Waals surface area (Å²) in [5.41, 5.74) is 6.79. The number of nitrogens with one attached hydrogen (secondary N) is 2. The second kappa shape index (κ2) is 9.00. The monoisotopic (exact) mass is 290 g/mol. The van der Waals surface area contributed by atoms with Crippen LogP contribution in [-0.2, 0) is 6.54 Å². The molecule has 0 radical (unpaired) electrons. The minimum atomic E-state index is -0.409. The maximum atomic E-state index is 11.1. The fraction of sp³-hybridized carbons (Fsp3) is 0.500. The Labute approximate surface area is 127 Å². The maximum absolute atomic E-state index is 11.1. The van der Waals surface area contributed by atoms with E-state index >= 15 is 0 Å². The van der Waals surface area contributed by atoms with Crippen LogP contribution < -0.4 is 16.4 Å². The standard InChI is InChI=1S/C16H26N4O/c1-12(2)6-5-9-19-16(18-3)20-11-13-7-4-8-14(10-13)15(17)21/h4,7-8,10,12H,5-6,9,11H2,1-3H3,(H2,17,21)(H2,18,19,20). The molecule has 0 saturated carbocycles. The van der Waals surface area contributed by atoms with Crippen LogP contribution in [0.15, 0.2) is 29.3 Å². The van der Waals surface area contributed by atoms with Crippen LogP contribution in [0.3, 0.4) is 0 Å². The van der Waals surface area contributed by atoms with Gasteiger partial charge < -0.3 is 16.4 Å². The number of carbonyl (C=O) groups excluding carboxylic acids is 1. The molecule has 0 aromatic heterocycles. The second-order valence-electron chi connectivity index (χ2n) is 5.45. The summed E-state index contributed by atoms with van der Waals surface area (Å²) in [7, 11) is 1.75. The zero-order valence-corrected chi connectivity index (χ0v) is 13.1. The molecule has 0 aliphatic heterocycles. The molecule has 0 spiro atoms. The smallest absolute Gasteiger partial charge is 0.248 e. The molecule has 0 fully saturated rings. The zero-order chi connectivity index (χ0) is 15.7. The second-order valence-corrected chi connectivity index (χ2v) is 5.45. The highest BCUT2D eigenvalue weighted by molar-refractivity contribution is 5.92. The molecule has 0 saturated heterocycles. The van der Waals surface area contributed by atoms with Crippen molar-refractivity contribution in [3.63, 3.8) is 0 Å². The molecule has 5 heteroatoms. The van der Waals surface area contributed by atoms with E-state index in [9.17, 15) is 4.79 Å². The number of guanidine groups is 1. The van der Waals surface area contributed by atoms with Gasteiger partial charge in [-0.05, 0) is 36.5 Å². The summed E-state index contributed by atoms with van der Waals surface area (Å²) in [5.74, 6) is 1.08. The van der Waals surface area contributed by atoms with Crippen molar-refractivity contribution < 1.29 is 4.79 Å². The van der Waals surface area contributed by atoms with Gasteiger partial charge in [0.2, 0.25) is 5.91 Å². The zero-order valence-electron chi connectivity index (χ0n) is 13.1. The van der Waals surface area contributed by atoms with Crippen LogP contribution in [0.25, 0.3) is 0 Å². The molecular weight excluding hydrogens is 264 g/mol. The molecule has 0 aliphatic carbocycles. The minimum absolute atomic E-state index is 0.409. The van der Waals surface area contributed by atoms with Gasteiger partial charge in [0, 0.05) is 25.7 Å². The minimum Gasteiger partial charge on any atom is -0.366 e. The molecule has 0 bridgehead atoms. The Morgan fingerprint density at radius 3 is 2.71 bits per heavy atom. The lowest BCUT2D eigenvalue weighted by Gasteiger charge is -2.12. The number of amides is 1. The van der Waals surface area contributed by atoms with Crippen molar-refractivity contribution in [3.8, 4) is 0 Å². The molecule has 0 heterocycles. The number of aliphatic imine (C=N–C) groups is 1. The van der Waals surface area contributed by atoms with E-state index in [0.717, 1.165) is 30.4 Å². The van der Waals surface area contributed by atoms with Gasteiger partial charge in [-0.3, -0.25) is 9.79 Å². The molecule has 0 unspecified atom stereocenters. The van der Waals surface area contributed by atoms with Crippen LogP contribution in [-0.4, -0.2) is 25.5 Å². The van der Waals surface area contributed by atoms with E-state index in [1.807, 2.05) is 12.1 Å². The third-order valence-electron chi connectivity index (χ3n) is 3.15. The number of primary amides is 1. The Bertz CT molecular complexity index is 483. The highest BCUT2D eigenvalue weighted by Gasteiger charge is 2.02. The van der Waals surface area contributed by atoms with Crippen LogP contribution in [0, 0.1) is 5.92 Å². The van der Waals surface area contributed by atoms with E-state index < -0.39 is 5.91 Å². The van der Waals surface area contributed by atoms with Gasteiger partial charge in [0.15, 0.2) is 5.96 Å². The van der Waals surface area contributed by atoms with E-state index in [1.54, 1.807) is 19.2 Å². The number of carbonyl (C=O) groups is 1. The Morgan fingerprint density at radius 1 is 1.33 bits per heavy atom. The van der Waals surface area contributed by atoms with Gasteiger partial charge in [-0.1, -0.05) is 26.0 Å². The van der Waals surface area contributed by atoms with Gasteiger partial charge in [-0.25, -0.2) is 0 Å². The first-order chi connectivity index (χ1) is 10.0. The topological polar surface area (TPSA) is 79.5 Å². The molecule has 0 atom stereocenters. The summed E-state index contributed by atoms with van der Waals surface area (Å²) in [6.45, 7) is 5.95. The molecular formula is C16H26N4O. The average Bonchev–Trinajstić information content (AvgIpc) is 2.46. The van der Waals surface area contributed by atoms with Gasteiger partial charge in [-0.2, -0.15) is 0 Å². The van der Waals surface area contributed by atoms with Crippen LogP contribution in [0.4, 0.5) is 0 Å². The normalized spacial score (nSPS) is 11.5. The van der Waals surface area contributed by atoms with E-state index in [2.05, 4.69) is 29.5 Å². The van der Waals surface area contributed by atoms with Gasteiger partial charge in [0.05, 0.1) is 0 Å². The fourth-order valence-electron chi connectivity index (χ4n) is 1.96. The summed E-state index contributed by atoms with van der Waals surface area (Å²) >= 11 is 0. The maximum Gasteiger partial charge on any atom is 0.248 e. The third kappa shape index (κ3) is 6.79. The van der Waals surface area contributed by atoms with Gasteiger partial charge in [-0.15, -0.1) is 0 Å². The van der Waals surface area contributed by atoms with Crippen LogP contribution in [0.5, 0.6) is 0 Å². The van der Waals surface area contributed by atoms with Crippen LogP contribution in [0.1, 0.15) is 42.6 Å². The first-order valence-corrected chi connectivity index (χ1v) is 7.36. The number of nitrogens with two attached hydrogens (primary N) is 1. The van der Waals surface area contributed by atoms with E-state index in [4.69, 9.17) is 5.73 Å². The lowest BCUT2D eigenvalue weighted by Crippen LogP contribution is -2.37. The van der Waals surface area contributed by atoms with Gasteiger partial charge in [0.1, 0.15) is 0 Å².